The molecule has 0 unspecified atom stereocenters. The highest BCUT2D eigenvalue weighted by atomic mass is 16.5. The summed E-state index contributed by atoms with van der Waals surface area (Å²) in [7, 11) is 1.47. The van der Waals surface area contributed by atoms with Crippen molar-refractivity contribution in [2.24, 2.45) is 0 Å². The lowest BCUT2D eigenvalue weighted by atomic mass is 10.0. The standard InChI is InChI=1S/C31H28N2O7/c1-5-6-23-14-21(16-26(39-4)27(23)40-17-20-8-10-22(11-9-20)30(36)37)15-25-28(34)32-31(38)33(29(25)35)24-12-7-18(2)19(3)13-24/h5,7-16H,1,6,17H2,2-4H3,(H,36,37)(H,32,34,38)/b25-15+. The van der Waals surface area contributed by atoms with Crippen molar-refractivity contribution in [3.05, 3.63) is 106 Å². The van der Waals surface area contributed by atoms with Crippen molar-refractivity contribution in [3.8, 4) is 11.5 Å². The van der Waals surface area contributed by atoms with E-state index in [4.69, 9.17) is 14.6 Å². The van der Waals surface area contributed by atoms with Crippen LogP contribution < -0.4 is 19.7 Å². The van der Waals surface area contributed by atoms with Crippen molar-refractivity contribution in [2.45, 2.75) is 26.9 Å². The second-order valence-corrected chi connectivity index (χ2v) is 9.22. The molecule has 9 nitrogen and oxygen atoms in total. The van der Waals surface area contributed by atoms with E-state index in [0.29, 0.717) is 34.7 Å². The lowest BCUT2D eigenvalue weighted by Crippen LogP contribution is -2.54. The number of aromatic carboxylic acids is 1. The van der Waals surface area contributed by atoms with Gasteiger partial charge in [0.2, 0.25) is 0 Å². The molecule has 40 heavy (non-hydrogen) atoms. The van der Waals surface area contributed by atoms with Gasteiger partial charge in [0.25, 0.3) is 11.8 Å². The Bertz CT molecular complexity index is 1550. The van der Waals surface area contributed by atoms with E-state index in [1.54, 1.807) is 48.5 Å². The van der Waals surface area contributed by atoms with E-state index >= 15 is 0 Å². The molecule has 0 aliphatic carbocycles. The fraction of sp³-hybridized carbons (Fsp3) is 0.161. The molecule has 3 aromatic rings. The van der Waals surface area contributed by atoms with E-state index in [2.05, 4.69) is 11.9 Å². The number of imide groups is 2. The molecule has 0 saturated carbocycles. The van der Waals surface area contributed by atoms with E-state index in [9.17, 15) is 19.2 Å². The van der Waals surface area contributed by atoms with Gasteiger partial charge >= 0.3 is 12.0 Å². The molecular weight excluding hydrogens is 512 g/mol. The minimum atomic E-state index is -1.02. The van der Waals surface area contributed by atoms with E-state index in [0.717, 1.165) is 21.6 Å². The monoisotopic (exact) mass is 540 g/mol. The van der Waals surface area contributed by atoms with Crippen LogP contribution in [0.3, 0.4) is 0 Å². The molecule has 0 atom stereocenters. The Morgan fingerprint density at radius 1 is 1.02 bits per heavy atom. The molecule has 0 spiro atoms. The summed E-state index contributed by atoms with van der Waals surface area (Å²) in [5, 5.41) is 11.3. The zero-order valence-electron chi connectivity index (χ0n) is 22.3. The number of carbonyl (C=O) groups excluding carboxylic acids is 3. The third kappa shape index (κ3) is 5.78. The summed E-state index contributed by atoms with van der Waals surface area (Å²) < 4.78 is 11.6. The highest BCUT2D eigenvalue weighted by Gasteiger charge is 2.37. The number of ether oxygens (including phenoxy) is 2. The first kappa shape index (κ1) is 27.8. The van der Waals surface area contributed by atoms with Crippen LogP contribution >= 0.6 is 0 Å². The average Bonchev–Trinajstić information content (AvgIpc) is 2.92. The summed E-state index contributed by atoms with van der Waals surface area (Å²) in [6.45, 7) is 7.74. The van der Waals surface area contributed by atoms with Crippen LogP contribution in [0.5, 0.6) is 11.5 Å². The number of amides is 4. The highest BCUT2D eigenvalue weighted by molar-refractivity contribution is 6.39. The number of aryl methyl sites for hydroxylation is 2. The molecule has 1 aliphatic heterocycles. The maximum atomic E-state index is 13.4. The number of hydrogen-bond donors (Lipinski definition) is 2. The number of hydrogen-bond acceptors (Lipinski definition) is 6. The van der Waals surface area contributed by atoms with Gasteiger partial charge in [-0.3, -0.25) is 14.9 Å². The molecule has 1 aliphatic rings. The predicted molar refractivity (Wildman–Crippen MR) is 150 cm³/mol. The third-order valence-electron chi connectivity index (χ3n) is 6.48. The average molecular weight is 541 g/mol. The number of urea groups is 1. The summed E-state index contributed by atoms with van der Waals surface area (Å²) in [5.74, 6) is -1.76. The van der Waals surface area contributed by atoms with Crippen LogP contribution in [-0.4, -0.2) is 36.0 Å². The first-order valence-corrected chi connectivity index (χ1v) is 12.4. The van der Waals surface area contributed by atoms with Gasteiger partial charge in [-0.15, -0.1) is 6.58 Å². The van der Waals surface area contributed by atoms with Crippen LogP contribution in [0.4, 0.5) is 10.5 Å². The maximum absolute atomic E-state index is 13.4. The number of anilines is 1. The molecule has 3 aromatic carbocycles. The van der Waals surface area contributed by atoms with Crippen LogP contribution in [0, 0.1) is 13.8 Å². The predicted octanol–water partition coefficient (Wildman–Crippen LogP) is 4.98. The summed E-state index contributed by atoms with van der Waals surface area (Å²) in [4.78, 5) is 50.7. The lowest BCUT2D eigenvalue weighted by Gasteiger charge is -2.27. The highest BCUT2D eigenvalue weighted by Crippen LogP contribution is 2.35. The summed E-state index contributed by atoms with van der Waals surface area (Å²) in [5.41, 5.74) is 4.14. The van der Waals surface area contributed by atoms with Gasteiger partial charge in [0.05, 0.1) is 18.4 Å². The number of nitrogens with one attached hydrogen (secondary N) is 1. The fourth-order valence-electron chi connectivity index (χ4n) is 4.21. The SMILES string of the molecule is C=CCc1cc(/C=C2\C(=O)NC(=O)N(c3ccc(C)c(C)c3)C2=O)cc(OC)c1OCc1ccc(C(=O)O)cc1. The second-order valence-electron chi connectivity index (χ2n) is 9.22. The van der Waals surface area contributed by atoms with E-state index < -0.39 is 23.8 Å². The van der Waals surface area contributed by atoms with E-state index in [1.807, 2.05) is 13.8 Å². The Morgan fingerprint density at radius 3 is 2.38 bits per heavy atom. The zero-order chi connectivity index (χ0) is 29.0. The van der Waals surface area contributed by atoms with Crippen LogP contribution in [0.25, 0.3) is 6.08 Å². The number of carbonyl (C=O) groups is 4. The molecule has 1 fully saturated rings. The largest absolute Gasteiger partial charge is 0.493 e. The molecule has 1 saturated heterocycles. The molecule has 0 bridgehead atoms. The van der Waals surface area contributed by atoms with Gasteiger partial charge in [-0.1, -0.05) is 24.3 Å². The van der Waals surface area contributed by atoms with Gasteiger partial charge in [-0.05, 0) is 85.0 Å². The molecule has 1 heterocycles. The van der Waals surface area contributed by atoms with Crippen LogP contribution in [0.1, 0.15) is 38.2 Å². The third-order valence-corrected chi connectivity index (χ3v) is 6.48. The molecule has 0 radical (unpaired) electrons. The van der Waals surface area contributed by atoms with Crippen molar-refractivity contribution < 1.29 is 33.8 Å². The van der Waals surface area contributed by atoms with Crippen LogP contribution in [0.2, 0.25) is 0 Å². The second kappa shape index (κ2) is 11.7. The number of barbiturate groups is 1. The van der Waals surface area contributed by atoms with Crippen LogP contribution in [-0.2, 0) is 22.6 Å². The van der Waals surface area contributed by atoms with Crippen molar-refractivity contribution in [1.82, 2.24) is 5.32 Å². The molecular formula is C31H28N2O7. The Balaban J connectivity index is 1.67. The van der Waals surface area contributed by atoms with Gasteiger partial charge in [0.1, 0.15) is 12.2 Å². The number of carboxylic acid groups (broad SMARTS) is 1. The number of rotatable bonds is 9. The Hall–Kier alpha value is -5.18. The Morgan fingerprint density at radius 2 is 1.75 bits per heavy atom. The minimum Gasteiger partial charge on any atom is -0.493 e. The van der Waals surface area contributed by atoms with Gasteiger partial charge in [0, 0.05) is 5.56 Å². The number of nitrogens with zero attached hydrogens (tertiary/aromatic N) is 1. The van der Waals surface area contributed by atoms with Crippen molar-refractivity contribution in [1.29, 1.82) is 0 Å². The number of benzene rings is 3. The molecule has 4 amide bonds. The first-order valence-electron chi connectivity index (χ1n) is 12.4. The number of carboxylic acids is 1. The number of methoxy groups -OCH3 is 1. The van der Waals surface area contributed by atoms with Gasteiger partial charge in [-0.25, -0.2) is 14.5 Å². The van der Waals surface area contributed by atoms with Crippen molar-refractivity contribution in [2.75, 3.05) is 12.0 Å². The minimum absolute atomic E-state index is 0.148. The normalized spacial score (nSPS) is 14.2. The maximum Gasteiger partial charge on any atom is 0.335 e. The quantitative estimate of drug-likeness (QED) is 0.223. The molecule has 2 N–H and O–H groups in total. The Kier molecular flexibility index (Phi) is 8.14. The summed E-state index contributed by atoms with van der Waals surface area (Å²) in [6, 6.07) is 14.0. The van der Waals surface area contributed by atoms with Gasteiger partial charge in [0.15, 0.2) is 11.5 Å². The molecule has 9 heteroatoms. The summed E-state index contributed by atoms with van der Waals surface area (Å²) >= 11 is 0. The molecule has 0 aromatic heterocycles. The van der Waals surface area contributed by atoms with Gasteiger partial charge < -0.3 is 14.6 Å². The topological polar surface area (TPSA) is 122 Å². The lowest BCUT2D eigenvalue weighted by molar-refractivity contribution is -0.122. The fourth-order valence-corrected chi connectivity index (χ4v) is 4.21. The van der Waals surface area contributed by atoms with Gasteiger partial charge in [-0.2, -0.15) is 0 Å². The van der Waals surface area contributed by atoms with E-state index in [1.165, 1.54) is 25.3 Å². The summed E-state index contributed by atoms with van der Waals surface area (Å²) in [6.07, 6.45) is 3.48. The van der Waals surface area contributed by atoms with Crippen molar-refractivity contribution in [3.63, 3.8) is 0 Å². The smallest absolute Gasteiger partial charge is 0.335 e. The molecule has 4 rings (SSSR count). The first-order chi connectivity index (χ1) is 19.1. The Labute approximate surface area is 231 Å². The van der Waals surface area contributed by atoms with Crippen molar-refractivity contribution >= 4 is 35.6 Å². The van der Waals surface area contributed by atoms with E-state index in [-0.39, 0.29) is 17.7 Å². The number of allylic oxidation sites excluding steroid dienone is 1. The van der Waals surface area contributed by atoms with Crippen LogP contribution in [0.15, 0.2) is 72.8 Å². The zero-order valence-corrected chi connectivity index (χ0v) is 22.3. The molecule has 204 valence electrons.